The Hall–Kier alpha value is -3.73. The first-order valence-electron chi connectivity index (χ1n) is 17.6. The summed E-state index contributed by atoms with van der Waals surface area (Å²) in [5.74, 6) is 0.869. The summed E-state index contributed by atoms with van der Waals surface area (Å²) in [5.41, 5.74) is 9.51. The van der Waals surface area contributed by atoms with E-state index in [-0.39, 0.29) is 20.1 Å². The molecule has 0 aliphatic heterocycles. The Bertz CT molecular complexity index is 2180. The number of nitrogens with zero attached hydrogens (tertiary/aromatic N) is 2. The molecule has 255 valence electrons. The van der Waals surface area contributed by atoms with Gasteiger partial charge in [-0.05, 0) is 69.2 Å². The van der Waals surface area contributed by atoms with Crippen LogP contribution in [0.5, 0.6) is 0 Å². The van der Waals surface area contributed by atoms with Crippen LogP contribution < -0.4 is 5.19 Å². The molecule has 3 heterocycles. The van der Waals surface area contributed by atoms with Crippen molar-refractivity contribution in [3.05, 3.63) is 139 Å². The maximum absolute atomic E-state index is 4.77. The SMILES string of the molecule is C[Si](C)(C)c1cnc(-c2[c-]cccc2)cc1CC1CCCCC1.Cc1ccnc(-c2[c-]cc3c(c2)sc2cc(-c4ccccc4)ccc23)c1.[Ir]. The predicted octanol–water partition coefficient (Wildman–Crippen LogP) is 12.1. The Morgan fingerprint density at radius 1 is 0.720 bits per heavy atom. The van der Waals surface area contributed by atoms with Crippen LogP contribution in [0.15, 0.2) is 116 Å². The fraction of sp³-hybridized carbons (Fsp3) is 0.244. The van der Waals surface area contributed by atoms with E-state index >= 15 is 0 Å². The molecule has 0 spiro atoms. The van der Waals surface area contributed by atoms with Crippen LogP contribution >= 0.6 is 11.3 Å². The Morgan fingerprint density at radius 3 is 2.22 bits per heavy atom. The van der Waals surface area contributed by atoms with Crippen LogP contribution in [0.2, 0.25) is 19.6 Å². The fourth-order valence-corrected chi connectivity index (χ4v) is 9.86. The van der Waals surface area contributed by atoms with Gasteiger partial charge in [0.1, 0.15) is 0 Å². The molecule has 0 unspecified atom stereocenters. The third kappa shape index (κ3) is 8.41. The van der Waals surface area contributed by atoms with Gasteiger partial charge in [-0.25, -0.2) is 0 Å². The molecule has 0 saturated heterocycles. The largest absolute Gasteiger partial charge is 0.305 e. The van der Waals surface area contributed by atoms with Gasteiger partial charge in [-0.15, -0.1) is 59.7 Å². The molecule has 7 aromatic rings. The Kier molecular flexibility index (Phi) is 11.6. The topological polar surface area (TPSA) is 25.8 Å². The first-order valence-corrected chi connectivity index (χ1v) is 22.0. The first kappa shape index (κ1) is 36.1. The quantitative estimate of drug-likeness (QED) is 0.123. The molecule has 4 aromatic carbocycles. The minimum atomic E-state index is -1.36. The van der Waals surface area contributed by atoms with E-state index < -0.39 is 8.07 Å². The second-order valence-corrected chi connectivity index (χ2v) is 20.6. The van der Waals surface area contributed by atoms with Crippen LogP contribution in [0.25, 0.3) is 53.8 Å². The van der Waals surface area contributed by atoms with Crippen molar-refractivity contribution in [3.63, 3.8) is 0 Å². The van der Waals surface area contributed by atoms with E-state index in [1.165, 1.54) is 75.4 Å². The molecule has 1 aliphatic carbocycles. The van der Waals surface area contributed by atoms with E-state index in [1.54, 1.807) is 10.8 Å². The zero-order chi connectivity index (χ0) is 33.8. The molecule has 0 bridgehead atoms. The minimum Gasteiger partial charge on any atom is -0.305 e. The third-order valence-corrected chi connectivity index (χ3v) is 12.9. The zero-order valence-corrected chi connectivity index (χ0v) is 33.6. The molecule has 1 saturated carbocycles. The molecule has 1 radical (unpaired) electrons. The number of aromatic nitrogens is 2. The van der Waals surface area contributed by atoms with Crippen LogP contribution in [0.3, 0.4) is 0 Å². The average Bonchev–Trinajstić information content (AvgIpc) is 3.50. The van der Waals surface area contributed by atoms with Gasteiger partial charge in [0.2, 0.25) is 0 Å². The summed E-state index contributed by atoms with van der Waals surface area (Å²) in [6.45, 7) is 9.39. The number of aryl methyl sites for hydroxylation is 1. The van der Waals surface area contributed by atoms with Gasteiger partial charge in [-0.2, -0.15) is 11.3 Å². The van der Waals surface area contributed by atoms with Crippen LogP contribution in [-0.2, 0) is 26.5 Å². The number of benzene rings is 4. The molecular formula is C45H44IrN2SSi-2. The molecule has 5 heteroatoms. The van der Waals surface area contributed by atoms with Gasteiger partial charge in [0.25, 0.3) is 0 Å². The van der Waals surface area contributed by atoms with E-state index in [1.807, 2.05) is 35.7 Å². The molecule has 3 aromatic heterocycles. The fourth-order valence-electron chi connectivity index (χ4n) is 7.10. The molecule has 1 aliphatic rings. The maximum atomic E-state index is 4.77. The second-order valence-electron chi connectivity index (χ2n) is 14.5. The Morgan fingerprint density at radius 2 is 1.48 bits per heavy atom. The van der Waals surface area contributed by atoms with Gasteiger partial charge < -0.3 is 9.97 Å². The van der Waals surface area contributed by atoms with E-state index in [0.717, 1.165) is 28.4 Å². The van der Waals surface area contributed by atoms with Crippen LogP contribution in [0.4, 0.5) is 0 Å². The van der Waals surface area contributed by atoms with Gasteiger partial charge in [-0.1, -0.05) is 123 Å². The number of hydrogen-bond donors (Lipinski definition) is 0. The van der Waals surface area contributed by atoms with Crippen molar-refractivity contribution < 1.29 is 20.1 Å². The van der Waals surface area contributed by atoms with Gasteiger partial charge in [0, 0.05) is 37.2 Å². The van der Waals surface area contributed by atoms with Crippen molar-refractivity contribution in [1.29, 1.82) is 0 Å². The number of thiophene rings is 1. The molecular weight excluding hydrogens is 821 g/mol. The molecule has 0 N–H and O–H groups in total. The zero-order valence-electron chi connectivity index (χ0n) is 29.4. The van der Waals surface area contributed by atoms with Gasteiger partial charge in [-0.3, -0.25) is 0 Å². The predicted molar refractivity (Wildman–Crippen MR) is 213 cm³/mol. The van der Waals surface area contributed by atoms with Crippen LogP contribution in [0, 0.1) is 25.0 Å². The Labute approximate surface area is 316 Å². The van der Waals surface area contributed by atoms with E-state index in [2.05, 4.69) is 135 Å². The van der Waals surface area contributed by atoms with Crippen molar-refractivity contribution in [2.45, 2.75) is 65.1 Å². The Balaban J connectivity index is 0.000000171. The molecule has 50 heavy (non-hydrogen) atoms. The standard InChI is InChI=1S/C24H16NS.C21H28NSi.Ir/c1-16-11-12-25-22(13-16)19-8-10-21-20-9-7-18(17-5-3-2-4-6-17)14-23(20)26-24(21)15-19;1-23(2,3)21-16-22-20(18-12-8-5-9-13-18)15-19(21)14-17-10-6-4-7-11-17;/h2-7,9-15H,1H3;5,8-9,12,15-17H,4,6-7,10-11,14H2,1-3H3;/q2*-1;. The normalized spacial score (nSPS) is 13.4. The van der Waals surface area contributed by atoms with E-state index in [9.17, 15) is 0 Å². The van der Waals surface area contributed by atoms with Crippen molar-refractivity contribution in [3.8, 4) is 33.6 Å². The van der Waals surface area contributed by atoms with E-state index in [4.69, 9.17) is 4.98 Å². The van der Waals surface area contributed by atoms with E-state index in [0.29, 0.717) is 0 Å². The smallest absolute Gasteiger partial charge is 0.0798 e. The average molecular weight is 865 g/mol. The monoisotopic (exact) mass is 865 g/mol. The summed E-state index contributed by atoms with van der Waals surface area (Å²) in [6, 6.07) is 43.0. The minimum absolute atomic E-state index is 0. The van der Waals surface area contributed by atoms with Crippen LogP contribution in [-0.4, -0.2) is 18.0 Å². The van der Waals surface area contributed by atoms with Crippen LogP contribution in [0.1, 0.15) is 43.2 Å². The van der Waals surface area contributed by atoms with Crippen molar-refractivity contribution in [1.82, 2.24) is 9.97 Å². The molecule has 2 nitrogen and oxygen atoms in total. The maximum Gasteiger partial charge on any atom is 0.0798 e. The molecule has 0 amide bonds. The number of hydrogen-bond acceptors (Lipinski definition) is 3. The van der Waals surface area contributed by atoms with Gasteiger partial charge in [0.05, 0.1) is 8.07 Å². The number of rotatable bonds is 6. The van der Waals surface area contributed by atoms with Gasteiger partial charge >= 0.3 is 0 Å². The van der Waals surface area contributed by atoms with Crippen molar-refractivity contribution in [2.24, 2.45) is 5.92 Å². The summed E-state index contributed by atoms with van der Waals surface area (Å²) in [7, 11) is -1.36. The summed E-state index contributed by atoms with van der Waals surface area (Å²) >= 11 is 1.84. The third-order valence-electron chi connectivity index (χ3n) is 9.72. The van der Waals surface area contributed by atoms with Gasteiger partial charge in [0.15, 0.2) is 0 Å². The summed E-state index contributed by atoms with van der Waals surface area (Å²) < 4.78 is 2.59. The summed E-state index contributed by atoms with van der Waals surface area (Å²) in [5, 5.41) is 4.11. The second kappa shape index (κ2) is 16.1. The molecule has 0 atom stereocenters. The number of fused-ring (bicyclic) bond motifs is 3. The summed E-state index contributed by atoms with van der Waals surface area (Å²) in [4.78, 5) is 9.27. The first-order chi connectivity index (χ1) is 23.8. The molecule has 1 fully saturated rings. The van der Waals surface area contributed by atoms with Crippen molar-refractivity contribution in [2.75, 3.05) is 0 Å². The van der Waals surface area contributed by atoms with Crippen molar-refractivity contribution >= 4 is 44.8 Å². The number of pyridine rings is 2. The molecule has 8 rings (SSSR count). The summed E-state index contributed by atoms with van der Waals surface area (Å²) in [6.07, 6.45) is 12.3.